The summed E-state index contributed by atoms with van der Waals surface area (Å²) in [7, 11) is -1.53. The van der Waals surface area contributed by atoms with Gasteiger partial charge in [-0.2, -0.15) is 0 Å². The van der Waals surface area contributed by atoms with Gasteiger partial charge in [-0.1, -0.05) is 17.7 Å². The van der Waals surface area contributed by atoms with Crippen molar-refractivity contribution in [3.63, 3.8) is 0 Å². The van der Waals surface area contributed by atoms with E-state index in [-0.39, 0.29) is 30.0 Å². The van der Waals surface area contributed by atoms with Gasteiger partial charge in [0, 0.05) is 44.0 Å². The summed E-state index contributed by atoms with van der Waals surface area (Å²) in [5, 5.41) is 6.71. The summed E-state index contributed by atoms with van der Waals surface area (Å²) in [5.74, 6) is 0.689. The molecule has 1 fully saturated rings. The highest BCUT2D eigenvalue weighted by Crippen LogP contribution is 2.20. The molecular weight excluding hydrogens is 489 g/mol. The topological polar surface area (TPSA) is 85.8 Å². The maximum Gasteiger partial charge on any atom is 0.209 e. The first-order valence-corrected chi connectivity index (χ1v) is 11.2. The molecule has 1 atom stereocenters. The van der Waals surface area contributed by atoms with Crippen LogP contribution in [-0.2, 0) is 10.0 Å². The largest absolute Gasteiger partial charge is 0.369 e. The lowest BCUT2D eigenvalue weighted by atomic mass is 10.0. The van der Waals surface area contributed by atoms with Crippen LogP contribution in [0.2, 0.25) is 0 Å². The normalized spacial score (nSPS) is 18.4. The number of guanidine groups is 1. The first-order chi connectivity index (χ1) is 12.6. The highest BCUT2D eigenvalue weighted by Gasteiger charge is 2.24. The van der Waals surface area contributed by atoms with E-state index in [0.717, 1.165) is 25.9 Å². The molecule has 28 heavy (non-hydrogen) atoms. The fourth-order valence-electron chi connectivity index (χ4n) is 3.32. The van der Waals surface area contributed by atoms with Gasteiger partial charge in [-0.15, -0.1) is 24.0 Å². The van der Waals surface area contributed by atoms with E-state index in [1.807, 2.05) is 13.8 Å². The van der Waals surface area contributed by atoms with Gasteiger partial charge >= 0.3 is 0 Å². The molecule has 0 amide bonds. The fraction of sp³-hybridized carbons (Fsp3) is 0.632. The van der Waals surface area contributed by atoms with Crippen LogP contribution in [0.4, 0.5) is 5.69 Å². The Balaban J connectivity index is 0.00000392. The quantitative estimate of drug-likeness (QED) is 0.302. The number of aliphatic imine (C=N–C) groups is 1. The highest BCUT2D eigenvalue weighted by atomic mass is 127. The zero-order valence-corrected chi connectivity index (χ0v) is 20.6. The molecule has 0 bridgehead atoms. The van der Waals surface area contributed by atoms with E-state index in [0.29, 0.717) is 12.5 Å². The molecule has 1 saturated heterocycles. The van der Waals surface area contributed by atoms with Crippen LogP contribution in [0.3, 0.4) is 0 Å². The number of rotatable bonds is 6. The maximum atomic E-state index is 11.5. The minimum absolute atomic E-state index is 0. The minimum atomic E-state index is -3.26. The van der Waals surface area contributed by atoms with Crippen molar-refractivity contribution in [1.29, 1.82) is 0 Å². The van der Waals surface area contributed by atoms with Gasteiger partial charge < -0.3 is 15.5 Å². The molecule has 0 aromatic heterocycles. The number of benzene rings is 1. The van der Waals surface area contributed by atoms with E-state index >= 15 is 0 Å². The monoisotopic (exact) mass is 523 g/mol. The summed E-state index contributed by atoms with van der Waals surface area (Å²) >= 11 is 0. The number of piperidine rings is 1. The van der Waals surface area contributed by atoms with Crippen molar-refractivity contribution >= 4 is 45.6 Å². The fourth-order valence-corrected chi connectivity index (χ4v) is 4.39. The predicted molar refractivity (Wildman–Crippen MR) is 128 cm³/mol. The van der Waals surface area contributed by atoms with E-state index in [1.54, 1.807) is 7.05 Å². The lowest BCUT2D eigenvalue weighted by Gasteiger charge is -2.36. The molecule has 3 N–H and O–H groups in total. The number of sulfonamides is 1. The Kier molecular flexibility index (Phi) is 9.48. The average Bonchev–Trinajstić information content (AvgIpc) is 2.57. The van der Waals surface area contributed by atoms with E-state index in [2.05, 4.69) is 56.4 Å². The van der Waals surface area contributed by atoms with Crippen molar-refractivity contribution < 1.29 is 8.42 Å². The third-order valence-corrected chi connectivity index (χ3v) is 5.47. The van der Waals surface area contributed by atoms with Gasteiger partial charge in [0.2, 0.25) is 10.0 Å². The van der Waals surface area contributed by atoms with Crippen molar-refractivity contribution in [2.45, 2.75) is 45.2 Å². The standard InChI is InChI=1S/C19H33N5O2S.HI/c1-15-8-10-17(11-9-15)24-12-6-7-16(13-24)22-18(20-4)21-14-19(2,3)23-27(5,25)26;/h8-11,16,23H,6-7,12-14H2,1-5H3,(H2,20,21,22);1H. The molecule has 1 heterocycles. The lowest BCUT2D eigenvalue weighted by molar-refractivity contribution is 0.436. The second kappa shape index (κ2) is 10.6. The summed E-state index contributed by atoms with van der Waals surface area (Å²) in [4.78, 5) is 6.68. The molecule has 7 nitrogen and oxygen atoms in total. The Bertz CT molecular complexity index is 750. The summed E-state index contributed by atoms with van der Waals surface area (Å²) in [5.41, 5.74) is 1.90. The van der Waals surface area contributed by atoms with Crippen molar-refractivity contribution in [1.82, 2.24) is 15.4 Å². The van der Waals surface area contributed by atoms with Crippen LogP contribution in [-0.4, -0.2) is 58.9 Å². The number of hydrogen-bond acceptors (Lipinski definition) is 4. The third-order valence-electron chi connectivity index (χ3n) is 4.54. The Morgan fingerprint density at radius 2 is 1.93 bits per heavy atom. The maximum absolute atomic E-state index is 11.5. The summed E-state index contributed by atoms with van der Waals surface area (Å²) in [6, 6.07) is 8.92. The molecule has 9 heteroatoms. The molecule has 1 aromatic carbocycles. The van der Waals surface area contributed by atoms with Crippen LogP contribution >= 0.6 is 24.0 Å². The molecule has 0 spiro atoms. The van der Waals surface area contributed by atoms with Crippen molar-refractivity contribution in [3.05, 3.63) is 29.8 Å². The van der Waals surface area contributed by atoms with Crippen LogP contribution in [0.1, 0.15) is 32.3 Å². The van der Waals surface area contributed by atoms with Gasteiger partial charge in [-0.05, 0) is 45.7 Å². The first kappa shape index (κ1) is 25.0. The Morgan fingerprint density at radius 1 is 1.29 bits per heavy atom. The minimum Gasteiger partial charge on any atom is -0.369 e. The molecular formula is C19H34IN5O2S. The van der Waals surface area contributed by atoms with Crippen LogP contribution in [0.25, 0.3) is 0 Å². The Hall–Kier alpha value is -1.07. The van der Waals surface area contributed by atoms with Gasteiger partial charge in [0.15, 0.2) is 5.96 Å². The van der Waals surface area contributed by atoms with Crippen LogP contribution in [0.15, 0.2) is 29.3 Å². The van der Waals surface area contributed by atoms with E-state index in [1.165, 1.54) is 17.5 Å². The predicted octanol–water partition coefficient (Wildman–Crippen LogP) is 2.07. The number of nitrogens with zero attached hydrogens (tertiary/aromatic N) is 2. The number of hydrogen-bond donors (Lipinski definition) is 3. The number of aryl methyl sites for hydroxylation is 1. The molecule has 1 aliphatic heterocycles. The molecule has 0 radical (unpaired) electrons. The average molecular weight is 523 g/mol. The first-order valence-electron chi connectivity index (χ1n) is 9.36. The number of nitrogens with one attached hydrogen (secondary N) is 3. The van der Waals surface area contributed by atoms with Gasteiger partial charge in [0.05, 0.1) is 6.26 Å². The lowest BCUT2D eigenvalue weighted by Crippen LogP contribution is -2.56. The second-order valence-electron chi connectivity index (χ2n) is 7.95. The van der Waals surface area contributed by atoms with Crippen LogP contribution < -0.4 is 20.3 Å². The van der Waals surface area contributed by atoms with E-state index < -0.39 is 15.6 Å². The smallest absolute Gasteiger partial charge is 0.209 e. The van der Waals surface area contributed by atoms with Gasteiger partial charge in [-0.3, -0.25) is 4.99 Å². The van der Waals surface area contributed by atoms with Crippen molar-refractivity contribution in [3.8, 4) is 0 Å². The molecule has 160 valence electrons. The zero-order chi connectivity index (χ0) is 20.1. The van der Waals surface area contributed by atoms with Crippen molar-refractivity contribution in [2.75, 3.05) is 37.8 Å². The van der Waals surface area contributed by atoms with Crippen LogP contribution in [0.5, 0.6) is 0 Å². The molecule has 2 rings (SSSR count). The summed E-state index contributed by atoms with van der Waals surface area (Å²) < 4.78 is 25.6. The number of halogens is 1. The highest BCUT2D eigenvalue weighted by molar-refractivity contribution is 14.0. The Labute approximate surface area is 186 Å². The van der Waals surface area contributed by atoms with Crippen molar-refractivity contribution in [2.24, 2.45) is 4.99 Å². The molecule has 1 unspecified atom stereocenters. The van der Waals surface area contributed by atoms with Gasteiger partial charge in [0.1, 0.15) is 0 Å². The SMILES string of the molecule is CN=C(NCC(C)(C)NS(C)(=O)=O)NC1CCCN(c2ccc(C)cc2)C1.I. The third kappa shape index (κ3) is 8.52. The molecule has 0 aliphatic carbocycles. The Morgan fingerprint density at radius 3 is 2.50 bits per heavy atom. The van der Waals surface area contributed by atoms with E-state index in [9.17, 15) is 8.42 Å². The zero-order valence-electron chi connectivity index (χ0n) is 17.4. The number of anilines is 1. The molecule has 0 saturated carbocycles. The molecule has 1 aliphatic rings. The van der Waals surface area contributed by atoms with E-state index in [4.69, 9.17) is 0 Å². The second-order valence-corrected chi connectivity index (χ2v) is 9.70. The van der Waals surface area contributed by atoms with Crippen LogP contribution in [0, 0.1) is 6.92 Å². The summed E-state index contributed by atoms with van der Waals surface area (Å²) in [6.07, 6.45) is 3.36. The van der Waals surface area contributed by atoms with Gasteiger partial charge in [-0.25, -0.2) is 13.1 Å². The van der Waals surface area contributed by atoms with Gasteiger partial charge in [0.25, 0.3) is 0 Å². The summed E-state index contributed by atoms with van der Waals surface area (Å²) in [6.45, 7) is 8.18. The molecule has 1 aromatic rings.